The zero-order chi connectivity index (χ0) is 13.7. The van der Waals surface area contributed by atoms with Crippen molar-refractivity contribution in [1.29, 1.82) is 0 Å². The van der Waals surface area contributed by atoms with Crippen LogP contribution in [0.25, 0.3) is 0 Å². The highest BCUT2D eigenvalue weighted by Gasteiger charge is 2.12. The van der Waals surface area contributed by atoms with Gasteiger partial charge in [0, 0.05) is 13.0 Å². The van der Waals surface area contributed by atoms with Crippen LogP contribution in [0.15, 0.2) is 30.6 Å². The summed E-state index contributed by atoms with van der Waals surface area (Å²) in [5.74, 6) is 0.490. The van der Waals surface area contributed by atoms with Crippen LogP contribution in [-0.4, -0.2) is 26.0 Å². The molecule has 1 atom stereocenters. The number of aryl methyl sites for hydroxylation is 1. The number of aliphatic hydroxyl groups excluding tert-OH is 1. The number of hydrogen-bond donors (Lipinski definition) is 1. The smallest absolute Gasteiger partial charge is 0.138 e. The fourth-order valence-electron chi connectivity index (χ4n) is 2.06. The SMILES string of the molecule is CCCn1ncnc1CC(O)Cc1cccc(F)c1. The first-order valence-electron chi connectivity index (χ1n) is 6.48. The maximum Gasteiger partial charge on any atom is 0.138 e. The van der Waals surface area contributed by atoms with Gasteiger partial charge in [0.25, 0.3) is 0 Å². The molecule has 0 saturated heterocycles. The minimum Gasteiger partial charge on any atom is -0.392 e. The summed E-state index contributed by atoms with van der Waals surface area (Å²) in [5.41, 5.74) is 0.786. The molecule has 19 heavy (non-hydrogen) atoms. The van der Waals surface area contributed by atoms with Gasteiger partial charge in [-0.2, -0.15) is 5.10 Å². The molecule has 2 aromatic rings. The highest BCUT2D eigenvalue weighted by Crippen LogP contribution is 2.09. The summed E-state index contributed by atoms with van der Waals surface area (Å²) in [7, 11) is 0. The van der Waals surface area contributed by atoms with Crippen molar-refractivity contribution in [3.63, 3.8) is 0 Å². The molecule has 5 heteroatoms. The number of nitrogens with zero attached hydrogens (tertiary/aromatic N) is 3. The molecule has 0 bridgehead atoms. The Kier molecular flexibility index (Phi) is 4.63. The van der Waals surface area contributed by atoms with Gasteiger partial charge in [0.1, 0.15) is 18.0 Å². The lowest BCUT2D eigenvalue weighted by Crippen LogP contribution is -2.18. The first kappa shape index (κ1) is 13.7. The van der Waals surface area contributed by atoms with Crippen LogP contribution < -0.4 is 0 Å². The van der Waals surface area contributed by atoms with Gasteiger partial charge in [-0.3, -0.25) is 4.68 Å². The molecule has 102 valence electrons. The molecule has 1 unspecified atom stereocenters. The molecule has 0 saturated carbocycles. The summed E-state index contributed by atoms with van der Waals surface area (Å²) in [6.45, 7) is 2.86. The molecule has 1 aromatic heterocycles. The average Bonchev–Trinajstić information content (AvgIpc) is 2.77. The molecule has 1 aromatic carbocycles. The molecule has 0 spiro atoms. The summed E-state index contributed by atoms with van der Waals surface area (Å²) in [4.78, 5) is 4.15. The van der Waals surface area contributed by atoms with Crippen LogP contribution in [0.2, 0.25) is 0 Å². The standard InChI is InChI=1S/C14H18FN3O/c1-2-6-18-14(16-10-17-18)9-13(19)8-11-4-3-5-12(15)7-11/h3-5,7,10,13,19H,2,6,8-9H2,1H3. The zero-order valence-corrected chi connectivity index (χ0v) is 11.0. The molecule has 0 aliphatic carbocycles. The van der Waals surface area contributed by atoms with E-state index in [1.54, 1.807) is 10.7 Å². The number of aliphatic hydroxyl groups is 1. The van der Waals surface area contributed by atoms with Gasteiger partial charge in [-0.05, 0) is 30.5 Å². The number of rotatable bonds is 6. The summed E-state index contributed by atoms with van der Waals surface area (Å²) >= 11 is 0. The molecular formula is C14H18FN3O. The van der Waals surface area contributed by atoms with Crippen molar-refractivity contribution >= 4 is 0 Å². The Morgan fingerprint density at radius 2 is 2.21 bits per heavy atom. The Balaban J connectivity index is 1.97. The number of halogens is 1. The largest absolute Gasteiger partial charge is 0.392 e. The van der Waals surface area contributed by atoms with E-state index >= 15 is 0 Å². The normalized spacial score (nSPS) is 12.6. The molecule has 1 heterocycles. The van der Waals surface area contributed by atoms with E-state index in [0.717, 1.165) is 24.4 Å². The molecule has 2 rings (SSSR count). The number of benzene rings is 1. The Morgan fingerprint density at radius 3 is 2.95 bits per heavy atom. The van der Waals surface area contributed by atoms with E-state index in [1.807, 2.05) is 6.07 Å². The molecule has 0 aliphatic heterocycles. The van der Waals surface area contributed by atoms with Crippen molar-refractivity contribution in [2.75, 3.05) is 0 Å². The summed E-state index contributed by atoms with van der Waals surface area (Å²) < 4.78 is 14.9. The maximum atomic E-state index is 13.1. The van der Waals surface area contributed by atoms with Gasteiger partial charge < -0.3 is 5.11 Å². The summed E-state index contributed by atoms with van der Waals surface area (Å²) in [5, 5.41) is 14.2. The summed E-state index contributed by atoms with van der Waals surface area (Å²) in [6, 6.07) is 6.30. The molecule has 1 N–H and O–H groups in total. The van der Waals surface area contributed by atoms with Crippen LogP contribution in [0.1, 0.15) is 24.7 Å². The first-order valence-corrected chi connectivity index (χ1v) is 6.48. The van der Waals surface area contributed by atoms with Gasteiger partial charge in [0.2, 0.25) is 0 Å². The van der Waals surface area contributed by atoms with Crippen molar-refractivity contribution in [2.45, 2.75) is 38.8 Å². The Morgan fingerprint density at radius 1 is 1.37 bits per heavy atom. The fraction of sp³-hybridized carbons (Fsp3) is 0.429. The van der Waals surface area contributed by atoms with Crippen LogP contribution in [0.5, 0.6) is 0 Å². The second kappa shape index (κ2) is 6.43. The van der Waals surface area contributed by atoms with Gasteiger partial charge in [0.15, 0.2) is 0 Å². The van der Waals surface area contributed by atoms with E-state index < -0.39 is 6.10 Å². The van der Waals surface area contributed by atoms with Crippen molar-refractivity contribution in [1.82, 2.24) is 14.8 Å². The molecular weight excluding hydrogens is 245 g/mol. The molecule has 0 amide bonds. The van der Waals surface area contributed by atoms with E-state index in [4.69, 9.17) is 0 Å². The van der Waals surface area contributed by atoms with Crippen molar-refractivity contribution in [3.8, 4) is 0 Å². The van der Waals surface area contributed by atoms with Crippen molar-refractivity contribution in [2.24, 2.45) is 0 Å². The van der Waals surface area contributed by atoms with Crippen LogP contribution in [0, 0.1) is 5.82 Å². The van der Waals surface area contributed by atoms with Crippen LogP contribution >= 0.6 is 0 Å². The second-order valence-corrected chi connectivity index (χ2v) is 4.59. The quantitative estimate of drug-likeness (QED) is 0.867. The predicted molar refractivity (Wildman–Crippen MR) is 70.1 cm³/mol. The molecule has 0 aliphatic rings. The molecule has 0 radical (unpaired) electrons. The van der Waals surface area contributed by atoms with Crippen LogP contribution in [0.3, 0.4) is 0 Å². The van der Waals surface area contributed by atoms with E-state index in [1.165, 1.54) is 18.5 Å². The highest BCUT2D eigenvalue weighted by atomic mass is 19.1. The topological polar surface area (TPSA) is 50.9 Å². The minimum atomic E-state index is -0.582. The average molecular weight is 263 g/mol. The number of aromatic nitrogens is 3. The maximum absolute atomic E-state index is 13.1. The Hall–Kier alpha value is -1.75. The third-order valence-electron chi connectivity index (χ3n) is 2.91. The van der Waals surface area contributed by atoms with Gasteiger partial charge in [-0.15, -0.1) is 0 Å². The van der Waals surface area contributed by atoms with Gasteiger partial charge >= 0.3 is 0 Å². The molecule has 0 fully saturated rings. The fourth-order valence-corrected chi connectivity index (χ4v) is 2.06. The van der Waals surface area contributed by atoms with Gasteiger partial charge in [0.05, 0.1) is 6.10 Å². The summed E-state index contributed by atoms with van der Waals surface area (Å²) in [6.07, 6.45) is 2.73. The van der Waals surface area contributed by atoms with E-state index in [2.05, 4.69) is 17.0 Å². The third-order valence-corrected chi connectivity index (χ3v) is 2.91. The van der Waals surface area contributed by atoms with Crippen molar-refractivity contribution in [3.05, 3.63) is 47.8 Å². The van der Waals surface area contributed by atoms with Crippen molar-refractivity contribution < 1.29 is 9.50 Å². The number of hydrogen-bond acceptors (Lipinski definition) is 3. The van der Waals surface area contributed by atoms with E-state index in [-0.39, 0.29) is 5.82 Å². The monoisotopic (exact) mass is 263 g/mol. The van der Waals surface area contributed by atoms with E-state index in [9.17, 15) is 9.50 Å². The first-order chi connectivity index (χ1) is 9.19. The van der Waals surface area contributed by atoms with Gasteiger partial charge in [-0.25, -0.2) is 9.37 Å². The second-order valence-electron chi connectivity index (χ2n) is 4.59. The lowest BCUT2D eigenvalue weighted by atomic mass is 10.1. The van der Waals surface area contributed by atoms with Crippen LogP contribution in [-0.2, 0) is 19.4 Å². The van der Waals surface area contributed by atoms with Crippen LogP contribution in [0.4, 0.5) is 4.39 Å². The lowest BCUT2D eigenvalue weighted by molar-refractivity contribution is 0.171. The highest BCUT2D eigenvalue weighted by molar-refractivity contribution is 5.17. The zero-order valence-electron chi connectivity index (χ0n) is 11.0. The Bertz CT molecular complexity index is 527. The Labute approximate surface area is 111 Å². The van der Waals surface area contributed by atoms with Gasteiger partial charge in [-0.1, -0.05) is 19.1 Å². The minimum absolute atomic E-state index is 0.279. The predicted octanol–water partition coefficient (Wildman–Crippen LogP) is 1.97. The van der Waals surface area contributed by atoms with E-state index in [0.29, 0.717) is 12.8 Å². The lowest BCUT2D eigenvalue weighted by Gasteiger charge is -2.11. The third kappa shape index (κ3) is 3.86. The molecule has 4 nitrogen and oxygen atoms in total.